The number of hydrogen-bond acceptors (Lipinski definition) is 5. The van der Waals surface area contributed by atoms with Gasteiger partial charge in [-0.2, -0.15) is 0 Å². The van der Waals surface area contributed by atoms with Crippen LogP contribution in [-0.4, -0.2) is 68.0 Å². The van der Waals surface area contributed by atoms with E-state index < -0.39 is 5.41 Å². The summed E-state index contributed by atoms with van der Waals surface area (Å²) in [6, 6.07) is 7.29. The van der Waals surface area contributed by atoms with Crippen LogP contribution in [0.5, 0.6) is 5.75 Å². The molecular formula is C26H36N2O5. The zero-order chi connectivity index (χ0) is 23.4. The summed E-state index contributed by atoms with van der Waals surface area (Å²) in [5, 5.41) is 0. The summed E-state index contributed by atoms with van der Waals surface area (Å²) in [7, 11) is 3.15. The first kappa shape index (κ1) is 23.7. The molecule has 3 atom stereocenters. The fraction of sp³-hybridized carbons (Fsp3) is 0.654. The monoisotopic (exact) mass is 456 g/mol. The Bertz CT molecular complexity index is 887. The Kier molecular flexibility index (Phi) is 7.37. The van der Waals surface area contributed by atoms with E-state index in [1.54, 1.807) is 20.3 Å². The van der Waals surface area contributed by atoms with Crippen molar-refractivity contribution in [3.8, 4) is 5.75 Å². The number of nitrogens with zero attached hydrogens (tertiary/aromatic N) is 2. The lowest BCUT2D eigenvalue weighted by Gasteiger charge is -2.42. The molecule has 0 radical (unpaired) electrons. The van der Waals surface area contributed by atoms with Crippen molar-refractivity contribution < 1.29 is 23.9 Å². The van der Waals surface area contributed by atoms with Crippen molar-refractivity contribution in [2.24, 2.45) is 11.8 Å². The number of amides is 3. The van der Waals surface area contributed by atoms with Crippen LogP contribution in [-0.2, 0) is 24.5 Å². The van der Waals surface area contributed by atoms with Crippen LogP contribution in [0, 0.1) is 11.8 Å². The minimum atomic E-state index is -1.22. The molecule has 3 fully saturated rings. The normalized spacial score (nSPS) is 27.6. The van der Waals surface area contributed by atoms with Gasteiger partial charge in [-0.15, -0.1) is 0 Å². The number of rotatable bonds is 8. The van der Waals surface area contributed by atoms with E-state index in [1.165, 1.54) is 30.6 Å². The van der Waals surface area contributed by atoms with Crippen molar-refractivity contribution >= 4 is 17.7 Å². The molecule has 1 saturated carbocycles. The predicted molar refractivity (Wildman–Crippen MR) is 124 cm³/mol. The van der Waals surface area contributed by atoms with Gasteiger partial charge in [0.15, 0.2) is 0 Å². The molecule has 0 spiro atoms. The van der Waals surface area contributed by atoms with Crippen molar-refractivity contribution in [3.63, 3.8) is 0 Å². The Morgan fingerprint density at radius 1 is 1.09 bits per heavy atom. The number of ether oxygens (including phenoxy) is 2. The van der Waals surface area contributed by atoms with Crippen LogP contribution < -0.4 is 4.74 Å². The highest BCUT2D eigenvalue weighted by Gasteiger charge is 2.55. The molecule has 2 aliphatic heterocycles. The maximum Gasteiger partial charge on any atom is 0.241 e. The first-order valence-corrected chi connectivity index (χ1v) is 12.2. The lowest BCUT2D eigenvalue weighted by Crippen LogP contribution is -2.48. The van der Waals surface area contributed by atoms with Crippen LogP contribution >= 0.6 is 0 Å². The van der Waals surface area contributed by atoms with Gasteiger partial charge in [-0.25, -0.2) is 0 Å². The topological polar surface area (TPSA) is 76.2 Å². The molecule has 3 aliphatic rings. The van der Waals surface area contributed by atoms with Gasteiger partial charge in [0.05, 0.1) is 12.5 Å². The van der Waals surface area contributed by atoms with Crippen molar-refractivity contribution in [1.82, 2.24) is 9.80 Å². The van der Waals surface area contributed by atoms with E-state index in [9.17, 15) is 14.4 Å². The molecule has 2 saturated heterocycles. The average Bonchev–Trinajstić information content (AvgIpc) is 3.08. The van der Waals surface area contributed by atoms with Gasteiger partial charge in [0.1, 0.15) is 5.75 Å². The lowest BCUT2D eigenvalue weighted by molar-refractivity contribution is -0.143. The second-order valence-corrected chi connectivity index (χ2v) is 9.77. The van der Waals surface area contributed by atoms with Crippen molar-refractivity contribution in [1.29, 1.82) is 0 Å². The summed E-state index contributed by atoms with van der Waals surface area (Å²) in [6.07, 6.45) is 6.56. The number of piperidine rings is 1. The standard InChI is InChI=1S/C26H36N2O5/c1-32-15-7-13-28-24(30)17-26(25(28)31,21-10-5-6-11-22(21)33-2)16-23(29)27-14-12-19-8-3-4-9-20(19)18-27/h5-6,10-11,19-20H,3-4,7-9,12-18H2,1-2H3/t19-,20-,26?/m0/s1. The molecule has 0 N–H and O–H groups in total. The van der Waals surface area contributed by atoms with Gasteiger partial charge in [0.25, 0.3) is 0 Å². The number of methoxy groups -OCH3 is 2. The van der Waals surface area contributed by atoms with E-state index in [2.05, 4.69) is 0 Å². The number of carbonyl (C=O) groups is 3. The minimum Gasteiger partial charge on any atom is -0.496 e. The number of fused-ring (bicyclic) bond motifs is 1. The molecule has 7 nitrogen and oxygen atoms in total. The Morgan fingerprint density at radius 3 is 2.61 bits per heavy atom. The molecule has 4 rings (SSSR count). The Hall–Kier alpha value is -2.41. The molecule has 1 aromatic rings. The first-order valence-electron chi connectivity index (χ1n) is 12.2. The Morgan fingerprint density at radius 2 is 1.85 bits per heavy atom. The molecule has 180 valence electrons. The molecule has 33 heavy (non-hydrogen) atoms. The second-order valence-electron chi connectivity index (χ2n) is 9.77. The summed E-state index contributed by atoms with van der Waals surface area (Å²) < 4.78 is 10.7. The third-order valence-corrected chi connectivity index (χ3v) is 7.86. The molecule has 0 aromatic heterocycles. The van der Waals surface area contributed by atoms with Crippen molar-refractivity contribution in [2.45, 2.75) is 56.8 Å². The van der Waals surface area contributed by atoms with Gasteiger partial charge in [-0.3, -0.25) is 19.3 Å². The van der Waals surface area contributed by atoms with Gasteiger partial charge >= 0.3 is 0 Å². The number of carbonyl (C=O) groups excluding carboxylic acids is 3. The van der Waals surface area contributed by atoms with E-state index >= 15 is 0 Å². The highest BCUT2D eigenvalue weighted by atomic mass is 16.5. The smallest absolute Gasteiger partial charge is 0.241 e. The van der Waals surface area contributed by atoms with E-state index in [1.807, 2.05) is 23.1 Å². The van der Waals surface area contributed by atoms with Crippen LogP contribution in [0.25, 0.3) is 0 Å². The third kappa shape index (κ3) is 4.65. The molecule has 1 aromatic carbocycles. The number of para-hydroxylation sites is 1. The van der Waals surface area contributed by atoms with Gasteiger partial charge in [0, 0.05) is 51.8 Å². The zero-order valence-corrected chi connectivity index (χ0v) is 19.9. The quantitative estimate of drug-likeness (QED) is 0.444. The molecule has 7 heteroatoms. The van der Waals surface area contributed by atoms with Gasteiger partial charge < -0.3 is 14.4 Å². The summed E-state index contributed by atoms with van der Waals surface area (Å²) in [5.41, 5.74) is -0.599. The molecule has 2 heterocycles. The average molecular weight is 457 g/mol. The van der Waals surface area contributed by atoms with E-state index in [-0.39, 0.29) is 30.6 Å². The second kappa shape index (κ2) is 10.2. The number of hydrogen-bond donors (Lipinski definition) is 0. The van der Waals surface area contributed by atoms with E-state index in [4.69, 9.17) is 9.47 Å². The van der Waals surface area contributed by atoms with Gasteiger partial charge in [0.2, 0.25) is 17.7 Å². The van der Waals surface area contributed by atoms with Gasteiger partial charge in [-0.1, -0.05) is 37.5 Å². The largest absolute Gasteiger partial charge is 0.496 e. The van der Waals surface area contributed by atoms with Crippen molar-refractivity contribution in [3.05, 3.63) is 29.8 Å². The van der Waals surface area contributed by atoms with Gasteiger partial charge in [-0.05, 0) is 37.2 Å². The highest BCUT2D eigenvalue weighted by molar-refractivity contribution is 6.11. The molecule has 0 bridgehead atoms. The fourth-order valence-electron chi connectivity index (χ4n) is 6.08. The third-order valence-electron chi connectivity index (χ3n) is 7.86. The number of imide groups is 1. The predicted octanol–water partition coefficient (Wildman–Crippen LogP) is 3.16. The maximum absolute atomic E-state index is 13.8. The van der Waals surface area contributed by atoms with Crippen LogP contribution in [0.15, 0.2) is 24.3 Å². The van der Waals surface area contributed by atoms with E-state index in [0.717, 1.165) is 25.4 Å². The molecular weight excluding hydrogens is 420 g/mol. The highest BCUT2D eigenvalue weighted by Crippen LogP contribution is 2.45. The number of benzene rings is 1. The fourth-order valence-corrected chi connectivity index (χ4v) is 6.08. The maximum atomic E-state index is 13.8. The first-order chi connectivity index (χ1) is 16.0. The summed E-state index contributed by atoms with van der Waals surface area (Å²) in [4.78, 5) is 43.7. The van der Waals surface area contributed by atoms with Crippen LogP contribution in [0.3, 0.4) is 0 Å². The van der Waals surface area contributed by atoms with Crippen molar-refractivity contribution in [2.75, 3.05) is 40.5 Å². The van der Waals surface area contributed by atoms with Crippen LogP contribution in [0.4, 0.5) is 0 Å². The summed E-state index contributed by atoms with van der Waals surface area (Å²) in [6.45, 7) is 2.27. The minimum absolute atomic E-state index is 0.00386. The Balaban J connectivity index is 1.61. The van der Waals surface area contributed by atoms with Crippen LogP contribution in [0.1, 0.15) is 56.9 Å². The summed E-state index contributed by atoms with van der Waals surface area (Å²) >= 11 is 0. The zero-order valence-electron chi connectivity index (χ0n) is 19.9. The van der Waals surface area contributed by atoms with Crippen LogP contribution in [0.2, 0.25) is 0 Å². The van der Waals surface area contributed by atoms with E-state index in [0.29, 0.717) is 36.8 Å². The molecule has 1 unspecified atom stereocenters. The lowest BCUT2D eigenvalue weighted by atomic mass is 9.73. The molecule has 1 aliphatic carbocycles. The molecule has 3 amide bonds. The Labute approximate surface area is 196 Å². The summed E-state index contributed by atoms with van der Waals surface area (Å²) in [5.74, 6) is 1.25. The number of likely N-dealkylation sites (tertiary alicyclic amines) is 2. The SMILES string of the molecule is COCCCN1C(=O)CC(CC(=O)N2CC[C@@H]3CCCC[C@H]3C2)(c2ccccc2OC)C1=O.